The predicted molar refractivity (Wildman–Crippen MR) is 108 cm³/mol. The highest BCUT2D eigenvalue weighted by molar-refractivity contribution is 7.98. The average Bonchev–Trinajstić information content (AvgIpc) is 3.37. The van der Waals surface area contributed by atoms with E-state index in [4.69, 9.17) is 4.42 Å². The third-order valence-corrected chi connectivity index (χ3v) is 5.84. The van der Waals surface area contributed by atoms with Crippen LogP contribution in [0, 0.1) is 0 Å². The summed E-state index contributed by atoms with van der Waals surface area (Å²) in [7, 11) is 0. The molecule has 0 amide bonds. The summed E-state index contributed by atoms with van der Waals surface area (Å²) in [6, 6.07) is 16.2. The molecule has 0 spiro atoms. The van der Waals surface area contributed by atoms with E-state index in [1.165, 1.54) is 17.3 Å². The summed E-state index contributed by atoms with van der Waals surface area (Å²) in [5, 5.41) is 11.9. The Kier molecular flexibility index (Phi) is 5.60. The van der Waals surface area contributed by atoms with Gasteiger partial charge in [-0.3, -0.25) is 4.98 Å². The second-order valence-corrected chi connectivity index (χ2v) is 7.91. The highest BCUT2D eigenvalue weighted by Crippen LogP contribution is 2.27. The lowest BCUT2D eigenvalue weighted by Gasteiger charge is -2.08. The number of aromatic nitrogens is 4. The number of hydrogen-bond donors (Lipinski definition) is 0. The number of hydrogen-bond acceptors (Lipinski definition) is 7. The van der Waals surface area contributed by atoms with Crippen molar-refractivity contribution in [3.05, 3.63) is 77.3 Å². The monoisotopic (exact) mass is 394 g/mol. The van der Waals surface area contributed by atoms with Crippen LogP contribution in [0.3, 0.4) is 0 Å². The zero-order valence-electron chi connectivity index (χ0n) is 14.8. The van der Waals surface area contributed by atoms with E-state index in [2.05, 4.69) is 39.2 Å². The second kappa shape index (κ2) is 8.45. The molecule has 1 unspecified atom stereocenters. The Bertz CT molecular complexity index is 985. The van der Waals surface area contributed by atoms with Gasteiger partial charge in [0.25, 0.3) is 5.22 Å². The molecular formula is C20H18N4OS2. The molecular weight excluding hydrogens is 376 g/mol. The highest BCUT2D eigenvalue weighted by atomic mass is 32.2. The predicted octanol–water partition coefficient (Wildman–Crippen LogP) is 5.23. The highest BCUT2D eigenvalue weighted by Gasteiger charge is 2.13. The van der Waals surface area contributed by atoms with Crippen LogP contribution in [0.1, 0.15) is 30.0 Å². The SMILES string of the molecule is CC(Cc1nnc(SCc2csc(-c3ccccn3)n2)o1)c1ccccc1. The van der Waals surface area contributed by atoms with Gasteiger partial charge in [-0.2, -0.15) is 0 Å². The van der Waals surface area contributed by atoms with Gasteiger partial charge >= 0.3 is 0 Å². The largest absolute Gasteiger partial charge is 0.416 e. The third kappa shape index (κ3) is 4.61. The number of nitrogens with zero attached hydrogens (tertiary/aromatic N) is 4. The number of thioether (sulfide) groups is 1. The lowest BCUT2D eigenvalue weighted by atomic mass is 9.98. The first-order valence-corrected chi connectivity index (χ1v) is 10.5. The van der Waals surface area contributed by atoms with Crippen molar-refractivity contribution in [2.24, 2.45) is 0 Å². The molecule has 0 fully saturated rings. The molecule has 0 saturated heterocycles. The van der Waals surface area contributed by atoms with Gasteiger partial charge in [-0.25, -0.2) is 4.98 Å². The second-order valence-electron chi connectivity index (χ2n) is 6.13. The van der Waals surface area contributed by atoms with E-state index in [1.54, 1.807) is 17.5 Å². The summed E-state index contributed by atoms with van der Waals surface area (Å²) >= 11 is 3.10. The fourth-order valence-electron chi connectivity index (χ4n) is 2.66. The van der Waals surface area contributed by atoms with Crippen LogP contribution in [0.15, 0.2) is 69.7 Å². The molecule has 3 heterocycles. The van der Waals surface area contributed by atoms with E-state index in [0.29, 0.717) is 22.8 Å². The summed E-state index contributed by atoms with van der Waals surface area (Å²) in [4.78, 5) is 8.97. The minimum Gasteiger partial charge on any atom is -0.416 e. The number of pyridine rings is 1. The molecule has 0 aliphatic carbocycles. The van der Waals surface area contributed by atoms with E-state index >= 15 is 0 Å². The Labute approximate surface area is 165 Å². The topological polar surface area (TPSA) is 64.7 Å². The lowest BCUT2D eigenvalue weighted by molar-refractivity contribution is 0.404. The molecule has 4 rings (SSSR count). The van der Waals surface area contributed by atoms with E-state index in [1.807, 2.05) is 41.8 Å². The molecule has 0 bridgehead atoms. The molecule has 4 aromatic rings. The molecule has 136 valence electrons. The van der Waals surface area contributed by atoms with Gasteiger partial charge in [0.15, 0.2) is 0 Å². The molecule has 0 N–H and O–H groups in total. The first kappa shape index (κ1) is 17.9. The quantitative estimate of drug-likeness (QED) is 0.400. The van der Waals surface area contributed by atoms with Crippen LogP contribution in [-0.4, -0.2) is 20.2 Å². The Morgan fingerprint density at radius 2 is 1.93 bits per heavy atom. The van der Waals surface area contributed by atoms with Crippen LogP contribution in [0.5, 0.6) is 0 Å². The van der Waals surface area contributed by atoms with Crippen LogP contribution in [0.25, 0.3) is 10.7 Å². The normalized spacial score (nSPS) is 12.2. The van der Waals surface area contributed by atoms with E-state index < -0.39 is 0 Å². The van der Waals surface area contributed by atoms with Crippen molar-refractivity contribution in [1.82, 2.24) is 20.2 Å². The zero-order valence-corrected chi connectivity index (χ0v) is 16.4. The molecule has 1 aromatic carbocycles. The molecule has 0 saturated carbocycles. The minimum atomic E-state index is 0.337. The van der Waals surface area contributed by atoms with Crippen LogP contribution in [0.2, 0.25) is 0 Å². The summed E-state index contributed by atoms with van der Waals surface area (Å²) in [6.07, 6.45) is 2.51. The lowest BCUT2D eigenvalue weighted by Crippen LogP contribution is -1.98. The van der Waals surface area contributed by atoms with Gasteiger partial charge in [-0.15, -0.1) is 21.5 Å². The summed E-state index contributed by atoms with van der Waals surface area (Å²) in [5.41, 5.74) is 3.16. The Morgan fingerprint density at radius 1 is 1.07 bits per heavy atom. The molecule has 7 heteroatoms. The summed E-state index contributed by atoms with van der Waals surface area (Å²) in [6.45, 7) is 2.17. The minimum absolute atomic E-state index is 0.337. The van der Waals surface area contributed by atoms with Crippen molar-refractivity contribution in [1.29, 1.82) is 0 Å². The first-order chi connectivity index (χ1) is 13.3. The van der Waals surface area contributed by atoms with Gasteiger partial charge in [-0.05, 0) is 23.6 Å². The smallest absolute Gasteiger partial charge is 0.276 e. The van der Waals surface area contributed by atoms with Crippen molar-refractivity contribution in [2.45, 2.75) is 30.2 Å². The molecule has 3 aromatic heterocycles. The molecule has 1 atom stereocenters. The Hall–Kier alpha value is -2.51. The van der Waals surface area contributed by atoms with Crippen LogP contribution in [-0.2, 0) is 12.2 Å². The molecule has 5 nitrogen and oxygen atoms in total. The maximum Gasteiger partial charge on any atom is 0.276 e. The van der Waals surface area contributed by atoms with Gasteiger partial charge in [0.05, 0.1) is 11.4 Å². The van der Waals surface area contributed by atoms with Crippen LogP contribution >= 0.6 is 23.1 Å². The molecule has 0 aliphatic rings. The number of rotatable bonds is 7. The standard InChI is InChI=1S/C20H18N4OS2/c1-14(15-7-3-2-4-8-15)11-18-23-24-20(25-18)27-13-16-12-26-19(22-16)17-9-5-6-10-21-17/h2-10,12,14H,11,13H2,1H3. The fraction of sp³-hybridized carbons (Fsp3) is 0.200. The molecule has 27 heavy (non-hydrogen) atoms. The van der Waals surface area contributed by atoms with Crippen LogP contribution in [0.4, 0.5) is 0 Å². The van der Waals surface area contributed by atoms with Crippen molar-refractivity contribution in [2.75, 3.05) is 0 Å². The van der Waals surface area contributed by atoms with Gasteiger partial charge < -0.3 is 4.42 Å². The summed E-state index contributed by atoms with van der Waals surface area (Å²) in [5.74, 6) is 1.70. The number of thiazole rings is 1. The maximum atomic E-state index is 5.79. The first-order valence-electron chi connectivity index (χ1n) is 8.64. The molecule has 0 aliphatic heterocycles. The van der Waals surface area contributed by atoms with E-state index in [0.717, 1.165) is 22.8 Å². The molecule has 0 radical (unpaired) electrons. The van der Waals surface area contributed by atoms with E-state index in [-0.39, 0.29) is 0 Å². The number of benzene rings is 1. The van der Waals surface area contributed by atoms with Gasteiger partial charge in [-0.1, -0.05) is 55.1 Å². The average molecular weight is 395 g/mol. The van der Waals surface area contributed by atoms with E-state index in [9.17, 15) is 0 Å². The van der Waals surface area contributed by atoms with Crippen LogP contribution < -0.4 is 0 Å². The third-order valence-electron chi connectivity index (χ3n) is 4.08. The van der Waals surface area contributed by atoms with Crippen molar-refractivity contribution in [3.8, 4) is 10.7 Å². The van der Waals surface area contributed by atoms with Gasteiger partial charge in [0.1, 0.15) is 5.01 Å². The summed E-state index contributed by atoms with van der Waals surface area (Å²) < 4.78 is 5.79. The van der Waals surface area contributed by atoms with Crippen molar-refractivity contribution < 1.29 is 4.42 Å². The maximum absolute atomic E-state index is 5.79. The Balaban J connectivity index is 1.34. The Morgan fingerprint density at radius 3 is 2.74 bits per heavy atom. The van der Waals surface area contributed by atoms with Gasteiger partial charge in [0.2, 0.25) is 5.89 Å². The zero-order chi connectivity index (χ0) is 18.5. The van der Waals surface area contributed by atoms with Crippen molar-refractivity contribution in [3.63, 3.8) is 0 Å². The fourth-order valence-corrected chi connectivity index (χ4v) is 4.23. The van der Waals surface area contributed by atoms with Gasteiger partial charge in [0, 0.05) is 23.8 Å². The van der Waals surface area contributed by atoms with Crippen molar-refractivity contribution >= 4 is 23.1 Å².